The molecule has 1 spiro atoms. The van der Waals surface area contributed by atoms with Crippen molar-refractivity contribution >= 4 is 23.5 Å². The molecule has 0 bridgehead atoms. The summed E-state index contributed by atoms with van der Waals surface area (Å²) < 4.78 is 11.9. The first-order chi connectivity index (χ1) is 16.3. The van der Waals surface area contributed by atoms with E-state index in [2.05, 4.69) is 0 Å². The van der Waals surface area contributed by atoms with Gasteiger partial charge in [-0.05, 0) is 38.3 Å². The smallest absolute Gasteiger partial charge is 0.312 e. The quantitative estimate of drug-likeness (QED) is 0.538. The van der Waals surface area contributed by atoms with E-state index in [4.69, 9.17) is 9.47 Å². The number of aryl methyl sites for hydroxylation is 2. The Labute approximate surface area is 198 Å². The number of carbonyl (C=O) groups is 3. The third-order valence-corrected chi connectivity index (χ3v) is 7.51. The number of nitrogens with zero attached hydrogens (tertiary/aromatic N) is 2. The van der Waals surface area contributed by atoms with Crippen LogP contribution in [0.25, 0.3) is 0 Å². The summed E-state index contributed by atoms with van der Waals surface area (Å²) in [6, 6.07) is 4.20. The zero-order valence-corrected chi connectivity index (χ0v) is 19.6. The topological polar surface area (TPSA) is 96.4 Å². The molecule has 2 amide bonds. The molecule has 0 aromatic heterocycles. The van der Waals surface area contributed by atoms with Crippen LogP contribution in [0.3, 0.4) is 0 Å². The van der Waals surface area contributed by atoms with Crippen molar-refractivity contribution in [2.45, 2.75) is 51.0 Å². The highest BCUT2D eigenvalue weighted by molar-refractivity contribution is 6.06. The lowest BCUT2D eigenvalue weighted by Gasteiger charge is -2.38. The highest BCUT2D eigenvalue weighted by atomic mass is 16.6. The maximum Gasteiger partial charge on any atom is 0.312 e. The Kier molecular flexibility index (Phi) is 5.61. The van der Waals surface area contributed by atoms with Crippen molar-refractivity contribution in [2.75, 3.05) is 24.7 Å². The summed E-state index contributed by atoms with van der Waals surface area (Å²) in [5.41, 5.74) is 1.36. The Morgan fingerprint density at radius 3 is 2.59 bits per heavy atom. The summed E-state index contributed by atoms with van der Waals surface area (Å²) in [7, 11) is 0. The first-order valence-electron chi connectivity index (χ1n) is 11.8. The molecule has 5 rings (SSSR count). The number of benzene rings is 1. The highest BCUT2D eigenvalue weighted by Crippen LogP contribution is 2.54. The molecule has 6 atom stereocenters. The second-order valence-electron chi connectivity index (χ2n) is 9.60. The second-order valence-corrected chi connectivity index (χ2v) is 9.60. The normalized spacial score (nSPS) is 33.6. The van der Waals surface area contributed by atoms with Gasteiger partial charge < -0.3 is 24.4 Å². The number of amides is 2. The lowest BCUT2D eigenvalue weighted by atomic mass is 9.77. The molecule has 1 aromatic rings. The van der Waals surface area contributed by atoms with E-state index in [9.17, 15) is 19.5 Å². The molecule has 8 nitrogen and oxygen atoms in total. The van der Waals surface area contributed by atoms with E-state index in [-0.39, 0.29) is 25.0 Å². The molecule has 180 valence electrons. The van der Waals surface area contributed by atoms with Crippen molar-refractivity contribution in [2.24, 2.45) is 11.8 Å². The van der Waals surface area contributed by atoms with Crippen molar-refractivity contribution in [1.29, 1.82) is 0 Å². The predicted molar refractivity (Wildman–Crippen MR) is 124 cm³/mol. The first-order valence-corrected chi connectivity index (χ1v) is 11.8. The fourth-order valence-electron chi connectivity index (χ4n) is 6.04. The third-order valence-electron chi connectivity index (χ3n) is 7.51. The summed E-state index contributed by atoms with van der Waals surface area (Å²) in [5.74, 6) is -2.91. The van der Waals surface area contributed by atoms with Crippen LogP contribution in [0.1, 0.15) is 24.5 Å². The molecule has 4 heterocycles. The van der Waals surface area contributed by atoms with Gasteiger partial charge in [0.2, 0.25) is 5.91 Å². The van der Waals surface area contributed by atoms with E-state index in [1.807, 2.05) is 50.3 Å². The fourth-order valence-corrected chi connectivity index (χ4v) is 6.04. The lowest BCUT2D eigenvalue weighted by Crippen LogP contribution is -2.58. The summed E-state index contributed by atoms with van der Waals surface area (Å²) in [6.45, 7) is 5.83. The molecule has 2 saturated heterocycles. The molecule has 0 aliphatic carbocycles. The van der Waals surface area contributed by atoms with Crippen molar-refractivity contribution in [3.05, 3.63) is 53.6 Å². The summed E-state index contributed by atoms with van der Waals surface area (Å²) in [4.78, 5) is 44.3. The van der Waals surface area contributed by atoms with Gasteiger partial charge in [0.25, 0.3) is 5.91 Å². The van der Waals surface area contributed by atoms with Crippen LogP contribution in [-0.2, 0) is 23.9 Å². The molecule has 2 fully saturated rings. The van der Waals surface area contributed by atoms with Crippen LogP contribution in [-0.4, -0.2) is 71.3 Å². The van der Waals surface area contributed by atoms with Crippen LogP contribution in [0.4, 0.5) is 5.69 Å². The minimum absolute atomic E-state index is 0.238. The molecule has 8 heteroatoms. The number of para-hydroxylation sites is 1. The van der Waals surface area contributed by atoms with E-state index in [0.717, 1.165) is 16.8 Å². The van der Waals surface area contributed by atoms with E-state index in [0.29, 0.717) is 13.0 Å². The molecule has 1 aromatic carbocycles. The molecule has 1 unspecified atom stereocenters. The molecule has 34 heavy (non-hydrogen) atoms. The van der Waals surface area contributed by atoms with Gasteiger partial charge in [-0.25, -0.2) is 0 Å². The Morgan fingerprint density at radius 2 is 1.88 bits per heavy atom. The molecule has 4 aliphatic heterocycles. The Bertz CT molecular complexity index is 1080. The van der Waals surface area contributed by atoms with E-state index in [1.54, 1.807) is 17.9 Å². The summed E-state index contributed by atoms with van der Waals surface area (Å²) in [5, 5.41) is 9.98. The number of aliphatic hydroxyl groups is 1. The van der Waals surface area contributed by atoms with Gasteiger partial charge in [-0.3, -0.25) is 14.4 Å². The average molecular weight is 467 g/mol. The number of anilines is 1. The van der Waals surface area contributed by atoms with Gasteiger partial charge in [-0.2, -0.15) is 0 Å². The van der Waals surface area contributed by atoms with Crippen molar-refractivity contribution in [1.82, 2.24) is 4.90 Å². The van der Waals surface area contributed by atoms with Gasteiger partial charge in [-0.15, -0.1) is 0 Å². The summed E-state index contributed by atoms with van der Waals surface area (Å²) in [6.07, 6.45) is 7.25. The monoisotopic (exact) mass is 466 g/mol. The lowest BCUT2D eigenvalue weighted by molar-refractivity contribution is -0.155. The minimum Gasteiger partial charge on any atom is -0.465 e. The van der Waals surface area contributed by atoms with Crippen molar-refractivity contribution in [3.63, 3.8) is 0 Å². The zero-order chi connectivity index (χ0) is 24.2. The highest BCUT2D eigenvalue weighted by Gasteiger charge is 2.72. The van der Waals surface area contributed by atoms with Gasteiger partial charge in [0, 0.05) is 12.2 Å². The number of rotatable bonds is 3. The van der Waals surface area contributed by atoms with Crippen LogP contribution in [0, 0.1) is 25.7 Å². The zero-order valence-electron chi connectivity index (χ0n) is 19.6. The van der Waals surface area contributed by atoms with Gasteiger partial charge in [0.15, 0.2) is 0 Å². The molecule has 4 aliphatic rings. The number of fused-ring (bicyclic) bond motifs is 2. The number of esters is 1. The number of cyclic esters (lactones) is 1. The van der Waals surface area contributed by atoms with Gasteiger partial charge in [-0.1, -0.05) is 42.5 Å². The number of likely N-dealkylation sites (tertiary alicyclic amines) is 1. The SMILES string of the molecule is Cc1cccc(C)c1N1CC=C[C@]23O[C@@H]4C=CCCOC(=O)[C@@H]4[C@H]2C(=O)N([C@H](C)CO)C3C1=O. The molecular formula is C26H30N2O6. The largest absolute Gasteiger partial charge is 0.465 e. The molecular weight excluding hydrogens is 436 g/mol. The molecule has 0 saturated carbocycles. The summed E-state index contributed by atoms with van der Waals surface area (Å²) >= 11 is 0. The Hall–Kier alpha value is -2.97. The van der Waals surface area contributed by atoms with Crippen LogP contribution in [0.2, 0.25) is 0 Å². The Morgan fingerprint density at radius 1 is 1.15 bits per heavy atom. The van der Waals surface area contributed by atoms with Gasteiger partial charge in [0.05, 0.1) is 31.3 Å². The standard InChI is InChI=1S/C26H30N2O6/c1-15-8-6-9-16(2)21(15)27-12-7-11-26-20(19-18(34-26)10-4-5-13-33-25(19)32)23(30)28(17(3)14-29)22(26)24(27)31/h4,6-11,17-20,22,29H,5,12-14H2,1-3H3/t17-,18-,19+,20+,22?,26+/m1/s1. The Balaban J connectivity index is 1.67. The minimum atomic E-state index is -1.33. The molecule has 1 N–H and O–H groups in total. The van der Waals surface area contributed by atoms with Crippen LogP contribution >= 0.6 is 0 Å². The molecule has 0 radical (unpaired) electrons. The maximum atomic E-state index is 14.3. The number of hydrogen-bond donors (Lipinski definition) is 1. The third kappa shape index (κ3) is 3.15. The predicted octanol–water partition coefficient (Wildman–Crippen LogP) is 1.67. The first kappa shape index (κ1) is 22.8. The van der Waals surface area contributed by atoms with E-state index in [1.165, 1.54) is 4.90 Å². The van der Waals surface area contributed by atoms with Crippen LogP contribution < -0.4 is 4.90 Å². The maximum absolute atomic E-state index is 14.3. The van der Waals surface area contributed by atoms with Crippen LogP contribution in [0.15, 0.2) is 42.5 Å². The fraction of sp³-hybridized carbons (Fsp3) is 0.500. The average Bonchev–Trinajstić information content (AvgIpc) is 3.18. The van der Waals surface area contributed by atoms with Crippen molar-refractivity contribution < 1.29 is 29.0 Å². The number of carbonyl (C=O) groups excluding carboxylic acids is 3. The second kappa shape index (κ2) is 8.36. The van der Waals surface area contributed by atoms with E-state index < -0.39 is 41.6 Å². The van der Waals surface area contributed by atoms with Gasteiger partial charge in [0.1, 0.15) is 17.6 Å². The van der Waals surface area contributed by atoms with E-state index >= 15 is 0 Å². The number of ether oxygens (including phenoxy) is 2. The number of hydrogen-bond acceptors (Lipinski definition) is 6. The number of aliphatic hydroxyl groups excluding tert-OH is 1. The van der Waals surface area contributed by atoms with Gasteiger partial charge >= 0.3 is 5.97 Å². The van der Waals surface area contributed by atoms with Crippen LogP contribution in [0.5, 0.6) is 0 Å². The van der Waals surface area contributed by atoms with Crippen molar-refractivity contribution in [3.8, 4) is 0 Å².